The average Bonchev–Trinajstić information content (AvgIpc) is 2.34. The molecule has 1 aliphatic carbocycles. The maximum absolute atomic E-state index is 11.3. The highest BCUT2D eigenvalue weighted by Crippen LogP contribution is 2.35. The summed E-state index contributed by atoms with van der Waals surface area (Å²) in [6.07, 6.45) is 1.13. The smallest absolute Gasteiger partial charge is 0.319 e. The molecule has 2 rings (SSSR count). The second-order valence-electron chi connectivity index (χ2n) is 4.50. The summed E-state index contributed by atoms with van der Waals surface area (Å²) in [6, 6.07) is 8.54. The zero-order valence-corrected chi connectivity index (χ0v) is 10.5. The molecule has 3 heteroatoms. The van der Waals surface area contributed by atoms with E-state index in [0.29, 0.717) is 12.5 Å². The molecule has 0 N–H and O–H groups in total. The number of rotatable bonds is 5. The third-order valence-corrected chi connectivity index (χ3v) is 3.47. The Kier molecular flexibility index (Phi) is 3.79. The first kappa shape index (κ1) is 12.1. The third-order valence-electron chi connectivity index (χ3n) is 3.47. The molecule has 0 bridgehead atoms. The fourth-order valence-corrected chi connectivity index (χ4v) is 2.39. The second-order valence-corrected chi connectivity index (χ2v) is 4.50. The monoisotopic (exact) mass is 233 g/mol. The lowest BCUT2D eigenvalue weighted by Crippen LogP contribution is -2.37. The number of likely N-dealkylation sites (N-methyl/N-ethyl adjacent to an activating group) is 1. The van der Waals surface area contributed by atoms with Crippen LogP contribution in [0.5, 0.6) is 0 Å². The van der Waals surface area contributed by atoms with Crippen molar-refractivity contribution in [2.75, 3.05) is 26.7 Å². The number of carbonyl (C=O) groups excluding carboxylic acids is 1. The molecule has 0 saturated heterocycles. The fourth-order valence-electron chi connectivity index (χ4n) is 2.39. The minimum Gasteiger partial charge on any atom is -0.468 e. The first-order chi connectivity index (χ1) is 8.24. The molecule has 0 saturated carbocycles. The van der Waals surface area contributed by atoms with Gasteiger partial charge in [0.2, 0.25) is 0 Å². The van der Waals surface area contributed by atoms with Gasteiger partial charge in [-0.15, -0.1) is 0 Å². The molecular weight excluding hydrogens is 214 g/mol. The predicted molar refractivity (Wildman–Crippen MR) is 67.0 cm³/mol. The number of hydrogen-bond acceptors (Lipinski definition) is 3. The van der Waals surface area contributed by atoms with Crippen molar-refractivity contribution in [1.82, 2.24) is 4.90 Å². The molecule has 1 aromatic rings. The van der Waals surface area contributed by atoms with E-state index < -0.39 is 0 Å². The normalized spacial score (nSPS) is 17.5. The summed E-state index contributed by atoms with van der Waals surface area (Å²) in [4.78, 5) is 13.4. The molecule has 1 aliphatic rings. The van der Waals surface area contributed by atoms with Gasteiger partial charge in [0, 0.05) is 12.5 Å². The van der Waals surface area contributed by atoms with Crippen LogP contribution in [0.25, 0.3) is 0 Å². The van der Waals surface area contributed by atoms with Crippen LogP contribution in [-0.4, -0.2) is 37.6 Å². The predicted octanol–water partition coefficient (Wildman–Crippen LogP) is 1.82. The van der Waals surface area contributed by atoms with E-state index in [9.17, 15) is 4.79 Å². The molecule has 0 aromatic heterocycles. The molecule has 0 radical (unpaired) electrons. The van der Waals surface area contributed by atoms with Gasteiger partial charge in [0.1, 0.15) is 0 Å². The first-order valence-corrected chi connectivity index (χ1v) is 6.11. The molecular formula is C14H19NO2. The standard InChI is InChI=1S/C14H19NO2/c1-3-15(10-14(16)17-2)9-12-8-11-6-4-5-7-13(11)12/h4-7,12H,3,8-10H2,1-2H3. The van der Waals surface area contributed by atoms with Crippen LogP contribution in [-0.2, 0) is 16.0 Å². The number of ether oxygens (including phenoxy) is 1. The van der Waals surface area contributed by atoms with Crippen LogP contribution in [0.15, 0.2) is 24.3 Å². The molecule has 0 spiro atoms. The minimum absolute atomic E-state index is 0.153. The summed E-state index contributed by atoms with van der Waals surface area (Å²) in [5.74, 6) is 0.426. The van der Waals surface area contributed by atoms with E-state index in [0.717, 1.165) is 19.5 Å². The number of methoxy groups -OCH3 is 1. The Morgan fingerprint density at radius 2 is 2.24 bits per heavy atom. The number of nitrogens with zero attached hydrogens (tertiary/aromatic N) is 1. The number of hydrogen-bond donors (Lipinski definition) is 0. The fraction of sp³-hybridized carbons (Fsp3) is 0.500. The van der Waals surface area contributed by atoms with Crippen molar-refractivity contribution in [2.45, 2.75) is 19.3 Å². The molecule has 0 heterocycles. The van der Waals surface area contributed by atoms with Crippen molar-refractivity contribution in [1.29, 1.82) is 0 Å². The van der Waals surface area contributed by atoms with Crippen molar-refractivity contribution < 1.29 is 9.53 Å². The Hall–Kier alpha value is -1.35. The molecule has 0 amide bonds. The molecule has 17 heavy (non-hydrogen) atoms. The Morgan fingerprint density at radius 3 is 2.88 bits per heavy atom. The van der Waals surface area contributed by atoms with Gasteiger partial charge in [0.05, 0.1) is 13.7 Å². The zero-order valence-electron chi connectivity index (χ0n) is 10.5. The average molecular weight is 233 g/mol. The quantitative estimate of drug-likeness (QED) is 0.727. The number of carbonyl (C=O) groups is 1. The van der Waals surface area contributed by atoms with Gasteiger partial charge in [-0.05, 0) is 24.1 Å². The van der Waals surface area contributed by atoms with Crippen LogP contribution in [0.3, 0.4) is 0 Å². The molecule has 0 aliphatic heterocycles. The van der Waals surface area contributed by atoms with E-state index in [4.69, 9.17) is 4.74 Å². The SMILES string of the molecule is CCN(CC(=O)OC)CC1Cc2ccccc21. The van der Waals surface area contributed by atoms with Crippen molar-refractivity contribution in [3.63, 3.8) is 0 Å². The molecule has 1 atom stereocenters. The van der Waals surface area contributed by atoms with E-state index >= 15 is 0 Å². The van der Waals surface area contributed by atoms with Crippen LogP contribution >= 0.6 is 0 Å². The Bertz CT molecular complexity index is 403. The Labute approximate surface area is 102 Å². The van der Waals surface area contributed by atoms with Gasteiger partial charge in [0.25, 0.3) is 0 Å². The van der Waals surface area contributed by atoms with E-state index in [1.165, 1.54) is 18.2 Å². The van der Waals surface area contributed by atoms with E-state index in [1.807, 2.05) is 0 Å². The van der Waals surface area contributed by atoms with Gasteiger partial charge in [-0.25, -0.2) is 0 Å². The van der Waals surface area contributed by atoms with E-state index in [2.05, 4.69) is 36.1 Å². The lowest BCUT2D eigenvalue weighted by atomic mass is 9.77. The Balaban J connectivity index is 1.91. The van der Waals surface area contributed by atoms with Gasteiger partial charge >= 0.3 is 5.97 Å². The topological polar surface area (TPSA) is 29.5 Å². The third kappa shape index (κ3) is 2.67. The van der Waals surface area contributed by atoms with Crippen LogP contribution in [0.1, 0.15) is 24.0 Å². The van der Waals surface area contributed by atoms with Crippen LogP contribution in [0, 0.1) is 0 Å². The molecule has 1 unspecified atom stereocenters. The van der Waals surface area contributed by atoms with Crippen molar-refractivity contribution in [3.8, 4) is 0 Å². The van der Waals surface area contributed by atoms with Crippen LogP contribution in [0.4, 0.5) is 0 Å². The summed E-state index contributed by atoms with van der Waals surface area (Å²) in [5.41, 5.74) is 2.89. The van der Waals surface area contributed by atoms with E-state index in [1.54, 1.807) is 0 Å². The molecule has 1 aromatic carbocycles. The van der Waals surface area contributed by atoms with Gasteiger partial charge in [-0.2, -0.15) is 0 Å². The molecule has 92 valence electrons. The van der Waals surface area contributed by atoms with Gasteiger partial charge < -0.3 is 4.74 Å². The largest absolute Gasteiger partial charge is 0.468 e. The molecule has 0 fully saturated rings. The van der Waals surface area contributed by atoms with Gasteiger partial charge in [-0.1, -0.05) is 31.2 Å². The van der Waals surface area contributed by atoms with Crippen molar-refractivity contribution in [2.24, 2.45) is 0 Å². The second kappa shape index (κ2) is 5.32. The van der Waals surface area contributed by atoms with E-state index in [-0.39, 0.29) is 5.97 Å². The van der Waals surface area contributed by atoms with Crippen LogP contribution < -0.4 is 0 Å². The maximum atomic E-state index is 11.3. The lowest BCUT2D eigenvalue weighted by molar-refractivity contribution is -0.141. The first-order valence-electron chi connectivity index (χ1n) is 6.11. The van der Waals surface area contributed by atoms with Gasteiger partial charge in [-0.3, -0.25) is 9.69 Å². The zero-order chi connectivity index (χ0) is 12.3. The minimum atomic E-state index is -0.153. The highest BCUT2D eigenvalue weighted by molar-refractivity contribution is 5.71. The highest BCUT2D eigenvalue weighted by atomic mass is 16.5. The maximum Gasteiger partial charge on any atom is 0.319 e. The highest BCUT2D eigenvalue weighted by Gasteiger charge is 2.27. The number of benzene rings is 1. The summed E-state index contributed by atoms with van der Waals surface area (Å²) in [7, 11) is 1.44. The number of fused-ring (bicyclic) bond motifs is 1. The summed E-state index contributed by atoms with van der Waals surface area (Å²) < 4.78 is 4.70. The van der Waals surface area contributed by atoms with Crippen molar-refractivity contribution >= 4 is 5.97 Å². The van der Waals surface area contributed by atoms with Gasteiger partial charge in [0.15, 0.2) is 0 Å². The lowest BCUT2D eigenvalue weighted by Gasteiger charge is -2.34. The number of esters is 1. The molecule has 3 nitrogen and oxygen atoms in total. The summed E-state index contributed by atoms with van der Waals surface area (Å²) >= 11 is 0. The summed E-state index contributed by atoms with van der Waals surface area (Å²) in [5, 5.41) is 0. The van der Waals surface area contributed by atoms with Crippen molar-refractivity contribution in [3.05, 3.63) is 35.4 Å². The summed E-state index contributed by atoms with van der Waals surface area (Å²) in [6.45, 7) is 4.30. The van der Waals surface area contributed by atoms with Crippen LogP contribution in [0.2, 0.25) is 0 Å². The Morgan fingerprint density at radius 1 is 1.47 bits per heavy atom.